The SMILES string of the molecule is O=C(Nc1ccc(SC2CC(=O)N(c3ccc(F)cc3)C2=O)cc1)/C(=C/c1cccs1)NC(=O)c1ccccc1. The number of nitrogens with one attached hydrogen (secondary N) is 2. The zero-order valence-electron chi connectivity index (χ0n) is 20.9. The van der Waals surface area contributed by atoms with Gasteiger partial charge in [-0.3, -0.25) is 19.2 Å². The molecule has 1 aromatic heterocycles. The molecule has 4 amide bonds. The minimum Gasteiger partial charge on any atom is -0.321 e. The van der Waals surface area contributed by atoms with Crippen LogP contribution in [-0.4, -0.2) is 28.9 Å². The maximum absolute atomic E-state index is 13.3. The van der Waals surface area contributed by atoms with Crippen LogP contribution in [-0.2, 0) is 14.4 Å². The standard InChI is InChI=1S/C30H22FN3O4S2/c31-20-8-12-22(13-9-20)34-27(35)18-26(30(34)38)40-23-14-10-21(11-15-23)32-29(37)25(17-24-7-4-16-39-24)33-28(36)19-5-2-1-3-6-19/h1-17,26H,18H2,(H,32,37)(H,33,36)/b25-17-. The number of halogens is 1. The molecule has 2 N–H and O–H groups in total. The van der Waals surface area contributed by atoms with E-state index in [9.17, 15) is 23.6 Å². The molecule has 0 spiro atoms. The summed E-state index contributed by atoms with van der Waals surface area (Å²) in [6.45, 7) is 0. The molecule has 200 valence electrons. The summed E-state index contributed by atoms with van der Waals surface area (Å²) in [5.74, 6) is -2.06. The predicted molar refractivity (Wildman–Crippen MR) is 154 cm³/mol. The smallest absolute Gasteiger partial charge is 0.272 e. The minimum absolute atomic E-state index is 0.0251. The summed E-state index contributed by atoms with van der Waals surface area (Å²) in [5, 5.41) is 6.75. The summed E-state index contributed by atoms with van der Waals surface area (Å²) in [4.78, 5) is 53.9. The van der Waals surface area contributed by atoms with Crippen LogP contribution in [0, 0.1) is 5.82 Å². The lowest BCUT2D eigenvalue weighted by Crippen LogP contribution is -2.31. The number of hydrogen-bond donors (Lipinski definition) is 2. The highest BCUT2D eigenvalue weighted by atomic mass is 32.2. The molecule has 1 unspecified atom stereocenters. The van der Waals surface area contributed by atoms with Crippen molar-refractivity contribution in [1.82, 2.24) is 5.32 Å². The zero-order chi connectivity index (χ0) is 28.1. The third-order valence-corrected chi connectivity index (χ3v) is 7.96. The van der Waals surface area contributed by atoms with Gasteiger partial charge in [-0.2, -0.15) is 0 Å². The Labute approximate surface area is 237 Å². The van der Waals surface area contributed by atoms with Crippen LogP contribution in [0.4, 0.5) is 15.8 Å². The quantitative estimate of drug-likeness (QED) is 0.208. The first kappa shape index (κ1) is 27.0. The summed E-state index contributed by atoms with van der Waals surface area (Å²) in [7, 11) is 0. The maximum atomic E-state index is 13.3. The van der Waals surface area contributed by atoms with Gasteiger partial charge in [-0.1, -0.05) is 24.3 Å². The Morgan fingerprint density at radius 3 is 2.33 bits per heavy atom. The molecule has 40 heavy (non-hydrogen) atoms. The van der Waals surface area contributed by atoms with Gasteiger partial charge in [-0.15, -0.1) is 23.1 Å². The van der Waals surface area contributed by atoms with Gasteiger partial charge in [0.05, 0.1) is 10.9 Å². The van der Waals surface area contributed by atoms with Gasteiger partial charge in [0, 0.05) is 27.4 Å². The first-order valence-electron chi connectivity index (χ1n) is 12.2. The number of benzene rings is 3. The Kier molecular flexibility index (Phi) is 8.18. The van der Waals surface area contributed by atoms with Gasteiger partial charge in [0.1, 0.15) is 11.5 Å². The van der Waals surface area contributed by atoms with Crippen molar-refractivity contribution in [3.05, 3.63) is 118 Å². The van der Waals surface area contributed by atoms with Gasteiger partial charge < -0.3 is 10.6 Å². The van der Waals surface area contributed by atoms with Crippen LogP contribution in [0.3, 0.4) is 0 Å². The van der Waals surface area contributed by atoms with Crippen molar-refractivity contribution in [3.8, 4) is 0 Å². The number of anilines is 2. The molecule has 1 saturated heterocycles. The largest absolute Gasteiger partial charge is 0.321 e. The number of thiophene rings is 1. The van der Waals surface area contributed by atoms with Gasteiger partial charge in [-0.05, 0) is 78.2 Å². The molecule has 1 fully saturated rings. The summed E-state index contributed by atoms with van der Waals surface area (Å²) >= 11 is 2.67. The fraction of sp³-hybridized carbons (Fsp3) is 0.0667. The van der Waals surface area contributed by atoms with Crippen LogP contribution in [0.2, 0.25) is 0 Å². The maximum Gasteiger partial charge on any atom is 0.272 e. The van der Waals surface area contributed by atoms with E-state index in [1.165, 1.54) is 47.4 Å². The third-order valence-electron chi connectivity index (χ3n) is 5.94. The first-order valence-corrected chi connectivity index (χ1v) is 14.0. The van der Waals surface area contributed by atoms with E-state index in [0.29, 0.717) is 16.9 Å². The fourth-order valence-electron chi connectivity index (χ4n) is 4.00. The molecule has 0 radical (unpaired) electrons. The number of nitrogens with zero attached hydrogens (tertiary/aromatic N) is 1. The molecule has 1 atom stereocenters. The molecule has 0 bridgehead atoms. The van der Waals surface area contributed by atoms with E-state index in [2.05, 4.69) is 10.6 Å². The Bertz CT molecular complexity index is 1570. The van der Waals surface area contributed by atoms with Crippen molar-refractivity contribution < 1.29 is 23.6 Å². The van der Waals surface area contributed by atoms with Gasteiger partial charge >= 0.3 is 0 Å². The Morgan fingerprint density at radius 1 is 0.925 bits per heavy atom. The molecular weight excluding hydrogens is 549 g/mol. The van der Waals surface area contributed by atoms with E-state index in [4.69, 9.17) is 0 Å². The molecule has 1 aliphatic heterocycles. The minimum atomic E-state index is -0.619. The number of thioether (sulfide) groups is 1. The van der Waals surface area contributed by atoms with E-state index >= 15 is 0 Å². The lowest BCUT2D eigenvalue weighted by molar-refractivity contribution is -0.121. The van der Waals surface area contributed by atoms with Crippen molar-refractivity contribution in [2.24, 2.45) is 0 Å². The van der Waals surface area contributed by atoms with Crippen molar-refractivity contribution in [2.75, 3.05) is 10.2 Å². The number of carbonyl (C=O) groups is 4. The Morgan fingerprint density at radius 2 is 1.65 bits per heavy atom. The van der Waals surface area contributed by atoms with Crippen LogP contribution in [0.25, 0.3) is 6.08 Å². The van der Waals surface area contributed by atoms with Gasteiger partial charge in [0.15, 0.2) is 0 Å². The molecule has 7 nitrogen and oxygen atoms in total. The molecular formula is C30H22FN3O4S2. The molecule has 2 heterocycles. The fourth-order valence-corrected chi connectivity index (χ4v) is 5.71. The molecule has 0 aliphatic carbocycles. The summed E-state index contributed by atoms with van der Waals surface area (Å²) in [6.07, 6.45) is 1.64. The number of hydrogen-bond acceptors (Lipinski definition) is 6. The second kappa shape index (κ2) is 12.1. The van der Waals surface area contributed by atoms with E-state index < -0.39 is 22.9 Å². The second-order valence-electron chi connectivity index (χ2n) is 8.73. The van der Waals surface area contributed by atoms with Crippen molar-refractivity contribution in [3.63, 3.8) is 0 Å². The van der Waals surface area contributed by atoms with Gasteiger partial charge in [0.2, 0.25) is 11.8 Å². The first-order chi connectivity index (χ1) is 19.4. The highest BCUT2D eigenvalue weighted by molar-refractivity contribution is 8.00. The van der Waals surface area contributed by atoms with E-state index in [0.717, 1.165) is 14.7 Å². The second-order valence-corrected chi connectivity index (χ2v) is 11.0. The number of amides is 4. The van der Waals surface area contributed by atoms with Crippen molar-refractivity contribution >= 4 is 64.2 Å². The topological polar surface area (TPSA) is 95.6 Å². The third kappa shape index (κ3) is 6.36. The molecule has 4 aromatic rings. The van der Waals surface area contributed by atoms with Crippen LogP contribution < -0.4 is 15.5 Å². The number of imide groups is 1. The Balaban J connectivity index is 1.25. The van der Waals surface area contributed by atoms with Crippen LogP contribution >= 0.6 is 23.1 Å². The zero-order valence-corrected chi connectivity index (χ0v) is 22.5. The molecule has 1 aliphatic rings. The summed E-state index contributed by atoms with van der Waals surface area (Å²) < 4.78 is 13.3. The number of carbonyl (C=O) groups excluding carboxylic acids is 4. The lowest BCUT2D eigenvalue weighted by atomic mass is 10.2. The molecule has 0 saturated carbocycles. The Hall–Kier alpha value is -4.54. The van der Waals surface area contributed by atoms with Crippen LogP contribution in [0.15, 0.2) is 107 Å². The number of rotatable bonds is 8. The van der Waals surface area contributed by atoms with E-state index in [1.807, 2.05) is 17.5 Å². The summed E-state index contributed by atoms with van der Waals surface area (Å²) in [6, 6.07) is 24.4. The normalized spacial score (nSPS) is 15.3. The average molecular weight is 572 g/mol. The predicted octanol–water partition coefficient (Wildman–Crippen LogP) is 5.72. The van der Waals surface area contributed by atoms with Crippen LogP contribution in [0.5, 0.6) is 0 Å². The van der Waals surface area contributed by atoms with Gasteiger partial charge in [0.25, 0.3) is 11.8 Å². The summed E-state index contributed by atoms with van der Waals surface area (Å²) in [5.41, 5.74) is 1.34. The van der Waals surface area contributed by atoms with Crippen molar-refractivity contribution in [1.29, 1.82) is 0 Å². The lowest BCUT2D eigenvalue weighted by Gasteiger charge is -2.15. The average Bonchev–Trinajstić information content (AvgIpc) is 3.57. The van der Waals surface area contributed by atoms with Gasteiger partial charge in [-0.25, -0.2) is 9.29 Å². The monoisotopic (exact) mass is 571 g/mol. The van der Waals surface area contributed by atoms with Crippen molar-refractivity contribution in [2.45, 2.75) is 16.6 Å². The molecule has 5 rings (SSSR count). The van der Waals surface area contributed by atoms with E-state index in [1.54, 1.807) is 60.7 Å². The van der Waals surface area contributed by atoms with E-state index in [-0.39, 0.29) is 23.9 Å². The molecule has 3 aromatic carbocycles. The highest BCUT2D eigenvalue weighted by Crippen LogP contribution is 2.34. The highest BCUT2D eigenvalue weighted by Gasteiger charge is 2.40. The van der Waals surface area contributed by atoms with Crippen LogP contribution in [0.1, 0.15) is 21.7 Å². The molecule has 10 heteroatoms.